The summed E-state index contributed by atoms with van der Waals surface area (Å²) in [6.45, 7) is 4.40. The molecular weight excluding hydrogens is 186 g/mol. The Balaban J connectivity index is 2.55. The fourth-order valence-electron chi connectivity index (χ4n) is 1.79. The molecule has 1 atom stereocenters. The van der Waals surface area contributed by atoms with E-state index in [-0.39, 0.29) is 6.04 Å². The summed E-state index contributed by atoms with van der Waals surface area (Å²) in [6, 6.07) is 8.37. The van der Waals surface area contributed by atoms with E-state index in [1.807, 2.05) is 12.1 Å². The number of methoxy groups -OCH3 is 1. The average molecular weight is 207 g/mol. The maximum atomic E-state index is 6.06. The van der Waals surface area contributed by atoms with Crippen LogP contribution in [0.3, 0.4) is 0 Å². The lowest BCUT2D eigenvalue weighted by atomic mass is 9.98. The zero-order valence-electron chi connectivity index (χ0n) is 9.86. The number of benzene rings is 1. The third-order valence-electron chi connectivity index (χ3n) is 2.41. The minimum atomic E-state index is 0.247. The molecule has 0 aliphatic carbocycles. The van der Waals surface area contributed by atoms with Crippen LogP contribution in [-0.4, -0.2) is 13.2 Å². The van der Waals surface area contributed by atoms with E-state index in [1.54, 1.807) is 7.11 Å². The lowest BCUT2D eigenvalue weighted by Gasteiger charge is -2.14. The van der Waals surface area contributed by atoms with Gasteiger partial charge in [-0.1, -0.05) is 26.0 Å². The van der Waals surface area contributed by atoms with Crippen molar-refractivity contribution in [2.45, 2.75) is 32.7 Å². The monoisotopic (exact) mass is 207 g/mol. The molecule has 2 heteroatoms. The molecule has 84 valence electrons. The maximum Gasteiger partial charge on any atom is 0.119 e. The highest BCUT2D eigenvalue weighted by atomic mass is 16.5. The molecule has 0 aliphatic heterocycles. The molecule has 0 spiro atoms. The van der Waals surface area contributed by atoms with Crippen LogP contribution in [0.1, 0.15) is 25.8 Å². The zero-order valence-corrected chi connectivity index (χ0v) is 9.86. The van der Waals surface area contributed by atoms with E-state index in [0.717, 1.165) is 18.6 Å². The average Bonchev–Trinajstić information content (AvgIpc) is 2.16. The molecule has 0 heterocycles. The van der Waals surface area contributed by atoms with E-state index in [0.29, 0.717) is 5.92 Å². The van der Waals surface area contributed by atoms with Crippen LogP contribution in [-0.2, 0) is 6.42 Å². The Morgan fingerprint density at radius 1 is 1.33 bits per heavy atom. The summed E-state index contributed by atoms with van der Waals surface area (Å²) >= 11 is 0. The minimum absolute atomic E-state index is 0.247. The molecule has 15 heavy (non-hydrogen) atoms. The second kappa shape index (κ2) is 5.76. The smallest absolute Gasteiger partial charge is 0.119 e. The number of nitrogens with two attached hydrogens (primary N) is 1. The van der Waals surface area contributed by atoms with Crippen molar-refractivity contribution in [2.24, 2.45) is 11.7 Å². The Bertz CT molecular complexity index is 296. The summed E-state index contributed by atoms with van der Waals surface area (Å²) in [4.78, 5) is 0. The van der Waals surface area contributed by atoms with Gasteiger partial charge in [0.25, 0.3) is 0 Å². The van der Waals surface area contributed by atoms with Crippen LogP contribution in [0.5, 0.6) is 5.75 Å². The predicted octanol–water partition coefficient (Wildman–Crippen LogP) is 2.61. The summed E-state index contributed by atoms with van der Waals surface area (Å²) in [5.41, 5.74) is 7.31. The van der Waals surface area contributed by atoms with Gasteiger partial charge in [0.2, 0.25) is 0 Å². The lowest BCUT2D eigenvalue weighted by Crippen LogP contribution is -2.24. The van der Waals surface area contributed by atoms with Gasteiger partial charge in [-0.25, -0.2) is 0 Å². The van der Waals surface area contributed by atoms with Crippen LogP contribution in [0, 0.1) is 5.92 Å². The van der Waals surface area contributed by atoms with E-state index < -0.39 is 0 Å². The lowest BCUT2D eigenvalue weighted by molar-refractivity contribution is 0.413. The van der Waals surface area contributed by atoms with Crippen LogP contribution in [0.25, 0.3) is 0 Å². The van der Waals surface area contributed by atoms with Crippen molar-refractivity contribution in [1.29, 1.82) is 0 Å². The van der Waals surface area contributed by atoms with Crippen LogP contribution in [0.2, 0.25) is 0 Å². The van der Waals surface area contributed by atoms with Crippen molar-refractivity contribution in [3.05, 3.63) is 29.8 Å². The van der Waals surface area contributed by atoms with Crippen molar-refractivity contribution < 1.29 is 4.74 Å². The van der Waals surface area contributed by atoms with Crippen LogP contribution < -0.4 is 10.5 Å². The minimum Gasteiger partial charge on any atom is -0.497 e. The third-order valence-corrected chi connectivity index (χ3v) is 2.41. The largest absolute Gasteiger partial charge is 0.497 e. The maximum absolute atomic E-state index is 6.06. The quantitative estimate of drug-likeness (QED) is 0.805. The Morgan fingerprint density at radius 2 is 2.07 bits per heavy atom. The highest BCUT2D eigenvalue weighted by Crippen LogP contribution is 2.15. The molecular formula is C13H21NO. The van der Waals surface area contributed by atoms with Gasteiger partial charge in [-0.15, -0.1) is 0 Å². The second-order valence-electron chi connectivity index (χ2n) is 4.45. The van der Waals surface area contributed by atoms with Gasteiger partial charge in [-0.2, -0.15) is 0 Å². The first-order chi connectivity index (χ1) is 7.11. The first-order valence-electron chi connectivity index (χ1n) is 5.50. The van der Waals surface area contributed by atoms with E-state index in [4.69, 9.17) is 10.5 Å². The summed E-state index contributed by atoms with van der Waals surface area (Å²) in [7, 11) is 1.69. The third kappa shape index (κ3) is 4.34. The van der Waals surface area contributed by atoms with Gasteiger partial charge in [0, 0.05) is 6.04 Å². The molecule has 2 nitrogen and oxygen atoms in total. The number of hydrogen-bond donors (Lipinski definition) is 1. The van der Waals surface area contributed by atoms with Gasteiger partial charge in [0.15, 0.2) is 0 Å². The van der Waals surface area contributed by atoms with E-state index in [9.17, 15) is 0 Å². The number of hydrogen-bond acceptors (Lipinski definition) is 2. The van der Waals surface area contributed by atoms with Gasteiger partial charge in [0.05, 0.1) is 7.11 Å². The Kier molecular flexibility index (Phi) is 4.63. The van der Waals surface area contributed by atoms with Gasteiger partial charge >= 0.3 is 0 Å². The summed E-state index contributed by atoms with van der Waals surface area (Å²) in [5, 5.41) is 0. The summed E-state index contributed by atoms with van der Waals surface area (Å²) in [5.74, 6) is 1.56. The van der Waals surface area contributed by atoms with Crippen LogP contribution >= 0.6 is 0 Å². The molecule has 2 N–H and O–H groups in total. The van der Waals surface area contributed by atoms with Gasteiger partial charge in [0.1, 0.15) is 5.75 Å². The molecule has 0 saturated carbocycles. The predicted molar refractivity (Wildman–Crippen MR) is 64.1 cm³/mol. The molecule has 0 aliphatic rings. The first kappa shape index (κ1) is 12.1. The Hall–Kier alpha value is -1.02. The molecule has 1 aromatic carbocycles. The highest BCUT2D eigenvalue weighted by Gasteiger charge is 2.06. The molecule has 0 aromatic heterocycles. The molecule has 0 saturated heterocycles. The molecule has 0 bridgehead atoms. The zero-order chi connectivity index (χ0) is 11.3. The van der Waals surface area contributed by atoms with Gasteiger partial charge < -0.3 is 10.5 Å². The number of rotatable bonds is 5. The van der Waals surface area contributed by atoms with Gasteiger partial charge in [-0.3, -0.25) is 0 Å². The second-order valence-corrected chi connectivity index (χ2v) is 4.45. The van der Waals surface area contributed by atoms with E-state index in [2.05, 4.69) is 26.0 Å². The van der Waals surface area contributed by atoms with Crippen molar-refractivity contribution in [1.82, 2.24) is 0 Å². The highest BCUT2D eigenvalue weighted by molar-refractivity contribution is 5.28. The SMILES string of the molecule is COc1cccc(CC(N)CC(C)C)c1. The first-order valence-corrected chi connectivity index (χ1v) is 5.50. The Labute approximate surface area is 92.4 Å². The summed E-state index contributed by atoms with van der Waals surface area (Å²) < 4.78 is 5.18. The van der Waals surface area contributed by atoms with Crippen molar-refractivity contribution >= 4 is 0 Å². The molecule has 1 rings (SSSR count). The Morgan fingerprint density at radius 3 is 2.67 bits per heavy atom. The van der Waals surface area contributed by atoms with Crippen molar-refractivity contribution in [3.63, 3.8) is 0 Å². The molecule has 0 fully saturated rings. The molecule has 1 unspecified atom stereocenters. The molecule has 1 aromatic rings. The number of ether oxygens (including phenoxy) is 1. The molecule has 0 amide bonds. The summed E-state index contributed by atoms with van der Waals surface area (Å²) in [6.07, 6.45) is 1.99. The van der Waals surface area contributed by atoms with Crippen LogP contribution in [0.15, 0.2) is 24.3 Å². The fourth-order valence-corrected chi connectivity index (χ4v) is 1.79. The van der Waals surface area contributed by atoms with E-state index >= 15 is 0 Å². The van der Waals surface area contributed by atoms with Crippen LogP contribution in [0.4, 0.5) is 0 Å². The topological polar surface area (TPSA) is 35.2 Å². The standard InChI is InChI=1S/C13H21NO/c1-10(2)7-12(14)8-11-5-4-6-13(9-11)15-3/h4-6,9-10,12H,7-8,14H2,1-3H3. The molecule has 0 radical (unpaired) electrons. The fraction of sp³-hybridized carbons (Fsp3) is 0.538. The van der Waals surface area contributed by atoms with Gasteiger partial charge in [-0.05, 0) is 36.5 Å². The van der Waals surface area contributed by atoms with Crippen molar-refractivity contribution in [2.75, 3.05) is 7.11 Å². The van der Waals surface area contributed by atoms with Crippen molar-refractivity contribution in [3.8, 4) is 5.75 Å². The van der Waals surface area contributed by atoms with E-state index in [1.165, 1.54) is 5.56 Å². The normalized spacial score (nSPS) is 12.9.